The van der Waals surface area contributed by atoms with Crippen LogP contribution in [0.1, 0.15) is 5.56 Å². The van der Waals surface area contributed by atoms with Gasteiger partial charge in [-0.2, -0.15) is 18.3 Å². The van der Waals surface area contributed by atoms with Gasteiger partial charge in [-0.3, -0.25) is 5.32 Å². The van der Waals surface area contributed by atoms with E-state index in [0.29, 0.717) is 10.7 Å². The smallest absolute Gasteiger partial charge is 0.308 e. The summed E-state index contributed by atoms with van der Waals surface area (Å²) < 4.78 is 40.5. The number of benzene rings is 2. The normalized spacial score (nSPS) is 11.5. The molecule has 2 amide bonds. The number of hydrogen-bond acceptors (Lipinski definition) is 3. The summed E-state index contributed by atoms with van der Waals surface area (Å²) in [4.78, 5) is 16.3. The van der Waals surface area contributed by atoms with E-state index in [1.807, 2.05) is 6.07 Å². The number of urea groups is 1. The molecule has 6 nitrogen and oxygen atoms in total. The molecule has 0 bridgehead atoms. The van der Waals surface area contributed by atoms with Gasteiger partial charge in [0.2, 0.25) is 0 Å². The van der Waals surface area contributed by atoms with Crippen molar-refractivity contribution >= 4 is 51.6 Å². The summed E-state index contributed by atoms with van der Waals surface area (Å²) in [5.41, 5.74) is 0.318. The summed E-state index contributed by atoms with van der Waals surface area (Å²) in [6, 6.07) is 11.0. The first-order valence-electron chi connectivity index (χ1n) is 8.76. The predicted molar refractivity (Wildman–Crippen MR) is 113 cm³/mol. The van der Waals surface area contributed by atoms with E-state index in [0.717, 1.165) is 23.0 Å². The molecule has 11 heteroatoms. The van der Waals surface area contributed by atoms with E-state index in [1.54, 1.807) is 29.1 Å². The fourth-order valence-corrected chi connectivity index (χ4v) is 3.35. The number of alkyl halides is 3. The molecule has 0 atom stereocenters. The van der Waals surface area contributed by atoms with Crippen molar-refractivity contribution in [3.63, 3.8) is 0 Å². The van der Waals surface area contributed by atoms with Gasteiger partial charge in [0, 0.05) is 11.1 Å². The number of pyridine rings is 1. The molecule has 2 aromatic carbocycles. The second-order valence-electron chi connectivity index (χ2n) is 6.40. The Morgan fingerprint density at radius 3 is 2.48 bits per heavy atom. The Bertz CT molecular complexity index is 1270. The number of nitrogens with one attached hydrogen (secondary N) is 2. The van der Waals surface area contributed by atoms with Crippen LogP contribution >= 0.6 is 23.2 Å². The van der Waals surface area contributed by atoms with E-state index in [1.165, 1.54) is 18.3 Å². The Labute approximate surface area is 183 Å². The third-order valence-corrected chi connectivity index (χ3v) is 4.98. The molecule has 4 aromatic rings. The molecule has 31 heavy (non-hydrogen) atoms. The molecule has 2 N–H and O–H groups in total. The molecule has 0 aliphatic rings. The van der Waals surface area contributed by atoms with Crippen LogP contribution in [0.15, 0.2) is 60.9 Å². The molecule has 158 valence electrons. The number of rotatable bonds is 3. The topological polar surface area (TPSA) is 71.8 Å². The van der Waals surface area contributed by atoms with Crippen LogP contribution in [0.3, 0.4) is 0 Å². The average Bonchev–Trinajstić information content (AvgIpc) is 3.15. The van der Waals surface area contributed by atoms with Crippen LogP contribution < -0.4 is 10.6 Å². The quantitative estimate of drug-likeness (QED) is 0.368. The minimum atomic E-state index is -4.64. The SMILES string of the molecule is O=C(Nc1ccc(Cl)c(C(F)(F)F)c1)Nc1ccc(-n2ncc3c(Cl)cccc32)cn1. The predicted octanol–water partition coefficient (Wildman–Crippen LogP) is 6.39. The number of carbonyl (C=O) groups excluding carboxylic acids is 1. The van der Waals surface area contributed by atoms with Crippen LogP contribution in [0.5, 0.6) is 0 Å². The maximum atomic E-state index is 12.9. The van der Waals surface area contributed by atoms with Crippen LogP contribution in [0.25, 0.3) is 16.6 Å². The molecular weight excluding hydrogens is 454 g/mol. The van der Waals surface area contributed by atoms with E-state index in [-0.39, 0.29) is 11.5 Å². The van der Waals surface area contributed by atoms with Gasteiger partial charge < -0.3 is 5.32 Å². The van der Waals surface area contributed by atoms with Gasteiger partial charge >= 0.3 is 12.2 Å². The maximum Gasteiger partial charge on any atom is 0.417 e. The molecule has 0 saturated carbocycles. The summed E-state index contributed by atoms with van der Waals surface area (Å²) in [6.45, 7) is 0. The summed E-state index contributed by atoms with van der Waals surface area (Å²) >= 11 is 11.7. The van der Waals surface area contributed by atoms with E-state index in [2.05, 4.69) is 20.7 Å². The lowest BCUT2D eigenvalue weighted by atomic mass is 10.2. The number of aromatic nitrogens is 3. The summed E-state index contributed by atoms with van der Waals surface area (Å²) in [7, 11) is 0. The van der Waals surface area contributed by atoms with Gasteiger partial charge in [-0.25, -0.2) is 14.5 Å². The van der Waals surface area contributed by atoms with Crippen LogP contribution in [0.4, 0.5) is 29.5 Å². The van der Waals surface area contributed by atoms with Crippen LogP contribution in [0.2, 0.25) is 10.0 Å². The molecule has 0 aliphatic heterocycles. The number of nitrogens with zero attached hydrogens (tertiary/aromatic N) is 3. The van der Waals surface area contributed by atoms with Crippen molar-refractivity contribution in [3.05, 3.63) is 76.5 Å². The van der Waals surface area contributed by atoms with E-state index >= 15 is 0 Å². The van der Waals surface area contributed by atoms with Crippen LogP contribution in [0, 0.1) is 0 Å². The number of anilines is 2. The van der Waals surface area contributed by atoms with Crippen LogP contribution in [-0.2, 0) is 6.18 Å². The molecule has 4 rings (SSSR count). The fraction of sp³-hybridized carbons (Fsp3) is 0.0500. The lowest BCUT2D eigenvalue weighted by Crippen LogP contribution is -2.20. The molecule has 0 saturated heterocycles. The van der Waals surface area contributed by atoms with Crippen molar-refractivity contribution in [3.8, 4) is 5.69 Å². The standard InChI is InChI=1S/C20H12Cl2F3N5O/c21-15-2-1-3-17-13(15)10-27-30(17)12-5-7-18(26-9-12)29-19(31)28-11-4-6-16(22)14(8-11)20(23,24)25/h1-10H,(H2,26,28,29,31). The van der Waals surface area contributed by atoms with E-state index in [9.17, 15) is 18.0 Å². The zero-order chi connectivity index (χ0) is 22.2. The Balaban J connectivity index is 1.48. The number of fused-ring (bicyclic) bond motifs is 1. The van der Waals surface area contributed by atoms with Gasteiger partial charge in [0.05, 0.1) is 39.2 Å². The lowest BCUT2D eigenvalue weighted by Gasteiger charge is -2.12. The van der Waals surface area contributed by atoms with Gasteiger partial charge in [0.25, 0.3) is 0 Å². The molecule has 0 aliphatic carbocycles. The Kier molecular flexibility index (Phi) is 5.47. The first-order chi connectivity index (χ1) is 14.7. The monoisotopic (exact) mass is 465 g/mol. The van der Waals surface area contributed by atoms with Crippen LogP contribution in [-0.4, -0.2) is 20.8 Å². The van der Waals surface area contributed by atoms with E-state index < -0.39 is 22.8 Å². The van der Waals surface area contributed by atoms with Gasteiger partial charge in [-0.15, -0.1) is 0 Å². The highest BCUT2D eigenvalue weighted by atomic mass is 35.5. The third kappa shape index (κ3) is 4.42. The number of amides is 2. The van der Waals surface area contributed by atoms with Crippen molar-refractivity contribution in [2.45, 2.75) is 6.18 Å². The number of hydrogen-bond donors (Lipinski definition) is 2. The largest absolute Gasteiger partial charge is 0.417 e. The first-order valence-corrected chi connectivity index (χ1v) is 9.51. The Morgan fingerprint density at radius 1 is 0.968 bits per heavy atom. The molecule has 0 unspecified atom stereocenters. The molecule has 0 radical (unpaired) electrons. The third-order valence-electron chi connectivity index (χ3n) is 4.32. The zero-order valence-electron chi connectivity index (χ0n) is 15.4. The second kappa shape index (κ2) is 8.09. The average molecular weight is 466 g/mol. The highest BCUT2D eigenvalue weighted by molar-refractivity contribution is 6.35. The van der Waals surface area contributed by atoms with Crippen molar-refractivity contribution in [2.24, 2.45) is 0 Å². The Morgan fingerprint density at radius 2 is 1.77 bits per heavy atom. The number of carbonyl (C=O) groups is 1. The van der Waals surface area contributed by atoms with Gasteiger partial charge in [-0.05, 0) is 42.5 Å². The lowest BCUT2D eigenvalue weighted by molar-refractivity contribution is -0.137. The summed E-state index contributed by atoms with van der Waals surface area (Å²) in [5, 5.41) is 9.98. The maximum absolute atomic E-state index is 12.9. The van der Waals surface area contributed by atoms with Crippen molar-refractivity contribution in [1.29, 1.82) is 0 Å². The van der Waals surface area contributed by atoms with Gasteiger partial charge in [-0.1, -0.05) is 29.3 Å². The zero-order valence-corrected chi connectivity index (χ0v) is 16.9. The van der Waals surface area contributed by atoms with Crippen molar-refractivity contribution < 1.29 is 18.0 Å². The minimum absolute atomic E-state index is 0.0641. The highest BCUT2D eigenvalue weighted by Crippen LogP contribution is 2.36. The summed E-state index contributed by atoms with van der Waals surface area (Å²) in [5.74, 6) is 0.195. The molecule has 0 fully saturated rings. The highest BCUT2D eigenvalue weighted by Gasteiger charge is 2.33. The summed E-state index contributed by atoms with van der Waals surface area (Å²) in [6.07, 6.45) is -1.50. The molecule has 2 heterocycles. The van der Waals surface area contributed by atoms with Gasteiger partial charge in [0.1, 0.15) is 5.82 Å². The number of halogens is 5. The van der Waals surface area contributed by atoms with Crippen molar-refractivity contribution in [1.82, 2.24) is 14.8 Å². The first kappa shape index (κ1) is 21.0. The Hall–Kier alpha value is -3.30. The van der Waals surface area contributed by atoms with Crippen molar-refractivity contribution in [2.75, 3.05) is 10.6 Å². The van der Waals surface area contributed by atoms with Gasteiger partial charge in [0.15, 0.2) is 0 Å². The minimum Gasteiger partial charge on any atom is -0.308 e. The molecule has 2 aromatic heterocycles. The molecular formula is C20H12Cl2F3N5O. The second-order valence-corrected chi connectivity index (χ2v) is 7.22. The molecule has 0 spiro atoms. The fourth-order valence-electron chi connectivity index (χ4n) is 2.91. The van der Waals surface area contributed by atoms with E-state index in [4.69, 9.17) is 23.2 Å².